The molecule has 0 N–H and O–H groups in total. The normalized spacial score (nSPS) is 40.2. The van der Waals surface area contributed by atoms with Gasteiger partial charge in [-0.1, -0.05) is 25.2 Å². The number of rotatable bonds is 1. The number of hydrogen-bond acceptors (Lipinski definition) is 2. The van der Waals surface area contributed by atoms with Crippen molar-refractivity contribution in [3.8, 4) is 0 Å². The molecule has 0 amide bonds. The van der Waals surface area contributed by atoms with Crippen LogP contribution < -0.4 is 0 Å². The summed E-state index contributed by atoms with van der Waals surface area (Å²) in [7, 11) is -0.294. The van der Waals surface area contributed by atoms with Gasteiger partial charge in [0.1, 0.15) is 6.10 Å². The van der Waals surface area contributed by atoms with Gasteiger partial charge >= 0.3 is 0 Å². The third-order valence-electron chi connectivity index (χ3n) is 3.02. The molecule has 14 heavy (non-hydrogen) atoms. The molecule has 1 unspecified atom stereocenters. The van der Waals surface area contributed by atoms with Crippen LogP contribution in [0.25, 0.3) is 0 Å². The standard InChI is InChI=1S/C11H19O2Si/c1-11(2)12-8-6-5-7-9(14(3)4)10(8)13-11/h5-6,8-10H,7H2,1-4H3/t8-,9?,10-/m0/s1. The molecular weight excluding hydrogens is 192 g/mol. The van der Waals surface area contributed by atoms with Crippen LogP contribution in [-0.2, 0) is 9.47 Å². The largest absolute Gasteiger partial charge is 0.344 e. The van der Waals surface area contributed by atoms with Crippen LogP contribution in [-0.4, -0.2) is 26.8 Å². The van der Waals surface area contributed by atoms with Crippen molar-refractivity contribution in [3.63, 3.8) is 0 Å². The topological polar surface area (TPSA) is 18.5 Å². The van der Waals surface area contributed by atoms with Gasteiger partial charge in [0.2, 0.25) is 0 Å². The maximum atomic E-state index is 5.98. The van der Waals surface area contributed by atoms with Gasteiger partial charge in [-0.3, -0.25) is 0 Å². The Morgan fingerprint density at radius 2 is 2.00 bits per heavy atom. The number of allylic oxidation sites excluding steroid dienone is 1. The van der Waals surface area contributed by atoms with Gasteiger partial charge < -0.3 is 9.47 Å². The minimum absolute atomic E-state index is 0.198. The van der Waals surface area contributed by atoms with E-state index < -0.39 is 0 Å². The van der Waals surface area contributed by atoms with E-state index in [2.05, 4.69) is 25.2 Å². The fraction of sp³-hybridized carbons (Fsp3) is 0.818. The first kappa shape index (κ1) is 10.4. The Labute approximate surface area is 87.9 Å². The summed E-state index contributed by atoms with van der Waals surface area (Å²) >= 11 is 0. The zero-order valence-corrected chi connectivity index (χ0v) is 10.4. The highest BCUT2D eigenvalue weighted by molar-refractivity contribution is 6.57. The third-order valence-corrected chi connectivity index (χ3v) is 5.06. The van der Waals surface area contributed by atoms with Gasteiger partial charge in [-0.15, -0.1) is 0 Å². The lowest BCUT2D eigenvalue weighted by molar-refractivity contribution is -0.142. The second kappa shape index (κ2) is 3.47. The predicted octanol–water partition coefficient (Wildman–Crippen LogP) is 2.59. The van der Waals surface area contributed by atoms with Crippen molar-refractivity contribution >= 4 is 8.80 Å². The van der Waals surface area contributed by atoms with Crippen LogP contribution in [0.15, 0.2) is 12.2 Å². The van der Waals surface area contributed by atoms with Crippen molar-refractivity contribution < 1.29 is 9.47 Å². The molecule has 1 aliphatic carbocycles. The van der Waals surface area contributed by atoms with Crippen LogP contribution in [0, 0.1) is 0 Å². The molecule has 0 aromatic carbocycles. The van der Waals surface area contributed by atoms with E-state index in [1.165, 1.54) is 6.42 Å². The van der Waals surface area contributed by atoms with Crippen molar-refractivity contribution in [2.45, 2.75) is 56.9 Å². The van der Waals surface area contributed by atoms with E-state index in [9.17, 15) is 0 Å². The Kier molecular flexibility index (Phi) is 2.58. The highest BCUT2D eigenvalue weighted by Crippen LogP contribution is 2.40. The molecule has 1 saturated heterocycles. The van der Waals surface area contributed by atoms with Crippen LogP contribution in [0.4, 0.5) is 0 Å². The highest BCUT2D eigenvalue weighted by atomic mass is 28.3. The van der Waals surface area contributed by atoms with Gasteiger partial charge in [-0.2, -0.15) is 0 Å². The van der Waals surface area contributed by atoms with E-state index in [1.54, 1.807) is 0 Å². The van der Waals surface area contributed by atoms with Gasteiger partial charge in [0.05, 0.1) is 6.10 Å². The van der Waals surface area contributed by atoms with E-state index in [0.717, 1.165) is 0 Å². The summed E-state index contributed by atoms with van der Waals surface area (Å²) in [5, 5.41) is 0. The minimum Gasteiger partial charge on any atom is -0.344 e. The average Bonchev–Trinajstić information content (AvgIpc) is 2.36. The molecule has 2 aliphatic rings. The van der Waals surface area contributed by atoms with Gasteiger partial charge in [-0.05, 0) is 25.8 Å². The Bertz CT molecular complexity index is 248. The summed E-state index contributed by atoms with van der Waals surface area (Å²) in [4.78, 5) is 0. The third kappa shape index (κ3) is 1.81. The van der Waals surface area contributed by atoms with E-state index in [4.69, 9.17) is 9.47 Å². The summed E-state index contributed by atoms with van der Waals surface area (Å²) in [6.45, 7) is 8.74. The quantitative estimate of drug-likeness (QED) is 0.490. The molecule has 0 bridgehead atoms. The smallest absolute Gasteiger partial charge is 0.164 e. The molecule has 0 aromatic rings. The molecule has 3 atom stereocenters. The van der Waals surface area contributed by atoms with Gasteiger partial charge in [0, 0.05) is 8.80 Å². The monoisotopic (exact) mass is 211 g/mol. The fourth-order valence-corrected chi connectivity index (χ4v) is 3.86. The van der Waals surface area contributed by atoms with E-state index in [1.807, 2.05) is 13.8 Å². The van der Waals surface area contributed by atoms with Gasteiger partial charge in [-0.25, -0.2) is 0 Å². The van der Waals surface area contributed by atoms with Gasteiger partial charge in [0.25, 0.3) is 0 Å². The van der Waals surface area contributed by atoms with Crippen LogP contribution in [0.1, 0.15) is 20.3 Å². The molecule has 2 nitrogen and oxygen atoms in total. The zero-order chi connectivity index (χ0) is 10.3. The lowest BCUT2D eigenvalue weighted by atomic mass is 10.0. The first-order valence-electron chi connectivity index (χ1n) is 5.32. The SMILES string of the molecule is C[Si](C)C1CC=C[C@@H]2OC(C)(C)O[C@H]12. The van der Waals surface area contributed by atoms with Crippen molar-refractivity contribution in [1.82, 2.24) is 0 Å². The molecule has 0 saturated carbocycles. The van der Waals surface area contributed by atoms with Gasteiger partial charge in [0.15, 0.2) is 5.79 Å². The molecule has 1 aliphatic heterocycles. The number of hydrogen-bond donors (Lipinski definition) is 0. The average molecular weight is 211 g/mol. The van der Waals surface area contributed by atoms with Crippen molar-refractivity contribution in [3.05, 3.63) is 12.2 Å². The summed E-state index contributed by atoms with van der Waals surface area (Å²) in [6, 6.07) is 0. The van der Waals surface area contributed by atoms with E-state index >= 15 is 0 Å². The summed E-state index contributed by atoms with van der Waals surface area (Å²) < 4.78 is 11.8. The summed E-state index contributed by atoms with van der Waals surface area (Å²) in [6.07, 6.45) is 6.10. The summed E-state index contributed by atoms with van der Waals surface area (Å²) in [5.41, 5.74) is 0.705. The molecule has 1 heterocycles. The second-order valence-electron chi connectivity index (χ2n) is 4.91. The van der Waals surface area contributed by atoms with Crippen LogP contribution in [0.5, 0.6) is 0 Å². The predicted molar refractivity (Wildman–Crippen MR) is 58.8 cm³/mol. The molecule has 0 spiro atoms. The zero-order valence-electron chi connectivity index (χ0n) is 9.41. The van der Waals surface area contributed by atoms with Crippen molar-refractivity contribution in [2.75, 3.05) is 0 Å². The number of fused-ring (bicyclic) bond motifs is 1. The second-order valence-corrected chi connectivity index (χ2v) is 7.81. The van der Waals surface area contributed by atoms with E-state index in [-0.39, 0.29) is 20.7 Å². The molecule has 3 heteroatoms. The Morgan fingerprint density at radius 3 is 2.64 bits per heavy atom. The lowest BCUT2D eigenvalue weighted by Crippen LogP contribution is -2.35. The Hall–Kier alpha value is -0.123. The summed E-state index contributed by atoms with van der Waals surface area (Å²) in [5.74, 6) is -0.389. The van der Waals surface area contributed by atoms with Crippen LogP contribution in [0.2, 0.25) is 18.6 Å². The first-order chi connectivity index (χ1) is 6.49. The van der Waals surface area contributed by atoms with E-state index in [0.29, 0.717) is 11.6 Å². The van der Waals surface area contributed by atoms with Crippen LogP contribution in [0.3, 0.4) is 0 Å². The maximum absolute atomic E-state index is 5.98. The molecule has 79 valence electrons. The molecule has 2 rings (SSSR count). The molecular formula is C11H19O2Si. The first-order valence-corrected chi connectivity index (χ1v) is 7.90. The lowest BCUT2D eigenvalue weighted by Gasteiger charge is -2.29. The molecule has 1 fully saturated rings. The molecule has 0 aromatic heterocycles. The van der Waals surface area contributed by atoms with Crippen LogP contribution >= 0.6 is 0 Å². The Morgan fingerprint density at radius 1 is 1.29 bits per heavy atom. The minimum atomic E-state index is -0.389. The number of ether oxygens (including phenoxy) is 2. The highest BCUT2D eigenvalue weighted by Gasteiger charge is 2.45. The fourth-order valence-electron chi connectivity index (χ4n) is 2.33. The maximum Gasteiger partial charge on any atom is 0.164 e. The van der Waals surface area contributed by atoms with Crippen molar-refractivity contribution in [1.29, 1.82) is 0 Å². The van der Waals surface area contributed by atoms with Crippen molar-refractivity contribution in [2.24, 2.45) is 0 Å². The molecule has 1 radical (unpaired) electrons. The Balaban J connectivity index is 2.16.